The van der Waals surface area contributed by atoms with E-state index in [1.165, 1.54) is 64.2 Å². The molecule has 32 heavy (non-hydrogen) atoms. The maximum Gasteiger partial charge on any atom is 0.183 e. The van der Waals surface area contributed by atoms with Crippen LogP contribution in [-0.4, -0.2) is 29.4 Å². The number of aryl methyl sites for hydroxylation is 1. The second kappa shape index (κ2) is 11.6. The molecule has 1 aromatic heterocycles. The van der Waals surface area contributed by atoms with Crippen molar-refractivity contribution in [1.82, 2.24) is 9.71 Å². The summed E-state index contributed by atoms with van der Waals surface area (Å²) in [6, 6.07) is 5.99. The first-order valence-corrected chi connectivity index (χ1v) is 14.2. The fourth-order valence-electron chi connectivity index (χ4n) is 4.99. The molecule has 0 amide bonds. The third-order valence-corrected chi connectivity index (χ3v) is 9.23. The molecule has 5 nitrogen and oxygen atoms in total. The van der Waals surface area contributed by atoms with Gasteiger partial charge in [0, 0.05) is 13.1 Å². The van der Waals surface area contributed by atoms with Gasteiger partial charge in [-0.2, -0.15) is 0 Å². The zero-order chi connectivity index (χ0) is 22.3. The van der Waals surface area contributed by atoms with Crippen LogP contribution in [0.2, 0.25) is 0 Å². The molecule has 2 N–H and O–H groups in total. The Kier molecular flexibility index (Phi) is 8.61. The number of ether oxygens (including phenoxy) is 1. The van der Waals surface area contributed by atoms with Crippen LogP contribution in [0.3, 0.4) is 0 Å². The Morgan fingerprint density at radius 1 is 1.03 bits per heavy atom. The van der Waals surface area contributed by atoms with Crippen molar-refractivity contribution in [1.29, 1.82) is 0 Å². The van der Waals surface area contributed by atoms with Crippen molar-refractivity contribution in [3.05, 3.63) is 23.9 Å². The quantitative estimate of drug-likeness (QED) is 0.446. The van der Waals surface area contributed by atoms with Gasteiger partial charge < -0.3 is 10.1 Å². The fraction of sp³-hybridized carbons (Fsp3) is 0.640. The van der Waals surface area contributed by atoms with Gasteiger partial charge in [0.2, 0.25) is 0 Å². The maximum absolute atomic E-state index is 13.1. The normalized spacial score (nSPS) is 19.1. The largest absolute Gasteiger partial charge is 0.495 e. The van der Waals surface area contributed by atoms with Gasteiger partial charge in [-0.1, -0.05) is 49.9 Å². The van der Waals surface area contributed by atoms with Crippen molar-refractivity contribution in [2.45, 2.75) is 76.0 Å². The molecule has 1 unspecified atom stereocenters. The van der Waals surface area contributed by atoms with Crippen LogP contribution in [0.15, 0.2) is 23.1 Å². The molecule has 2 aliphatic carbocycles. The maximum atomic E-state index is 13.1. The standard InChI is InChI=1S/C25H37N3O2S2/c1-18-24(31-25(28-18)26-16-19-9-5-3-6-10-19)21-13-14-22(30-2)23(15-21)32(29)27-17-20-11-7-4-8-12-20/h13-15,19-20,27H,3-12,16-17H2,1-2H3,(H,26,28). The minimum absolute atomic E-state index is 0.628. The highest BCUT2D eigenvalue weighted by molar-refractivity contribution is 7.83. The summed E-state index contributed by atoms with van der Waals surface area (Å²) >= 11 is 1.69. The summed E-state index contributed by atoms with van der Waals surface area (Å²) in [6.07, 6.45) is 13.1. The molecule has 4 rings (SSSR count). The summed E-state index contributed by atoms with van der Waals surface area (Å²) in [5.41, 5.74) is 2.06. The smallest absolute Gasteiger partial charge is 0.183 e. The summed E-state index contributed by atoms with van der Waals surface area (Å²) < 4.78 is 21.9. The zero-order valence-electron chi connectivity index (χ0n) is 19.5. The lowest BCUT2D eigenvalue weighted by atomic mass is 9.89. The molecule has 1 atom stereocenters. The summed E-state index contributed by atoms with van der Waals surface area (Å²) in [7, 11) is 0.347. The van der Waals surface area contributed by atoms with E-state index in [9.17, 15) is 4.21 Å². The van der Waals surface area contributed by atoms with Gasteiger partial charge in [-0.05, 0) is 68.2 Å². The summed E-state index contributed by atoms with van der Waals surface area (Å²) in [4.78, 5) is 6.61. The number of rotatable bonds is 9. The van der Waals surface area contributed by atoms with Gasteiger partial charge >= 0.3 is 0 Å². The van der Waals surface area contributed by atoms with Crippen molar-refractivity contribution < 1.29 is 8.95 Å². The van der Waals surface area contributed by atoms with Crippen LogP contribution in [0, 0.1) is 18.8 Å². The van der Waals surface area contributed by atoms with Crippen molar-refractivity contribution in [2.24, 2.45) is 11.8 Å². The number of hydrogen-bond donors (Lipinski definition) is 2. The van der Waals surface area contributed by atoms with Gasteiger partial charge in [0.1, 0.15) is 16.7 Å². The average molecular weight is 476 g/mol. The summed E-state index contributed by atoms with van der Waals surface area (Å²) in [5, 5.41) is 4.56. The minimum Gasteiger partial charge on any atom is -0.495 e. The van der Waals surface area contributed by atoms with Crippen LogP contribution in [0.5, 0.6) is 5.75 Å². The Bertz CT molecular complexity index is 903. The lowest BCUT2D eigenvalue weighted by Gasteiger charge is -2.21. The highest BCUT2D eigenvalue weighted by atomic mass is 32.2. The molecule has 2 fully saturated rings. The van der Waals surface area contributed by atoms with E-state index >= 15 is 0 Å². The molecule has 2 aromatic rings. The predicted octanol–water partition coefficient (Wildman–Crippen LogP) is 6.31. The second-order valence-electron chi connectivity index (χ2n) is 9.31. The summed E-state index contributed by atoms with van der Waals surface area (Å²) in [5.74, 6) is 2.06. The van der Waals surface area contributed by atoms with Gasteiger partial charge in [-0.15, -0.1) is 0 Å². The number of anilines is 1. The number of nitrogens with one attached hydrogen (secondary N) is 2. The predicted molar refractivity (Wildman–Crippen MR) is 135 cm³/mol. The van der Waals surface area contributed by atoms with Crippen LogP contribution < -0.4 is 14.8 Å². The van der Waals surface area contributed by atoms with Crippen LogP contribution in [0.4, 0.5) is 5.13 Å². The van der Waals surface area contributed by atoms with Crippen molar-refractivity contribution in [2.75, 3.05) is 25.5 Å². The highest BCUT2D eigenvalue weighted by Crippen LogP contribution is 2.36. The Hall–Kier alpha value is -1.44. The van der Waals surface area contributed by atoms with Crippen LogP contribution in [0.25, 0.3) is 10.4 Å². The topological polar surface area (TPSA) is 63.2 Å². The number of nitrogens with zero attached hydrogens (tertiary/aromatic N) is 1. The summed E-state index contributed by atoms with van der Waals surface area (Å²) in [6.45, 7) is 3.87. The molecule has 2 saturated carbocycles. The first-order chi connectivity index (χ1) is 15.6. The van der Waals surface area contributed by atoms with E-state index in [1.807, 2.05) is 18.2 Å². The second-order valence-corrected chi connectivity index (χ2v) is 11.6. The van der Waals surface area contributed by atoms with E-state index in [4.69, 9.17) is 9.72 Å². The average Bonchev–Trinajstić information content (AvgIpc) is 3.22. The van der Waals surface area contributed by atoms with Gasteiger partial charge in [-0.25, -0.2) is 13.9 Å². The van der Waals surface area contributed by atoms with Crippen LogP contribution in [0.1, 0.15) is 69.9 Å². The van der Waals surface area contributed by atoms with Gasteiger partial charge in [-0.3, -0.25) is 0 Å². The lowest BCUT2D eigenvalue weighted by Crippen LogP contribution is -2.26. The number of thiazole rings is 1. The third-order valence-electron chi connectivity index (χ3n) is 6.92. The molecule has 0 bridgehead atoms. The molecule has 1 heterocycles. The molecular formula is C25H37N3O2S2. The van der Waals surface area contributed by atoms with E-state index in [1.54, 1.807) is 18.4 Å². The Morgan fingerprint density at radius 2 is 1.69 bits per heavy atom. The molecule has 0 aliphatic heterocycles. The molecule has 0 spiro atoms. The highest BCUT2D eigenvalue weighted by Gasteiger charge is 2.19. The number of benzene rings is 1. The molecule has 7 heteroatoms. The first kappa shape index (κ1) is 23.7. The fourth-order valence-corrected chi connectivity index (χ4v) is 7.07. The van der Waals surface area contributed by atoms with Crippen LogP contribution in [-0.2, 0) is 11.0 Å². The van der Waals surface area contributed by atoms with Crippen molar-refractivity contribution in [3.8, 4) is 16.2 Å². The monoisotopic (exact) mass is 475 g/mol. The molecule has 0 saturated heterocycles. The van der Waals surface area contributed by atoms with Crippen molar-refractivity contribution in [3.63, 3.8) is 0 Å². The number of aromatic nitrogens is 1. The first-order valence-electron chi connectivity index (χ1n) is 12.2. The molecular weight excluding hydrogens is 438 g/mol. The number of hydrogen-bond acceptors (Lipinski definition) is 5. The molecule has 2 aliphatic rings. The van der Waals surface area contributed by atoms with E-state index in [-0.39, 0.29) is 0 Å². The molecule has 1 aromatic carbocycles. The minimum atomic E-state index is -1.29. The van der Waals surface area contributed by atoms with Crippen LogP contribution >= 0.6 is 11.3 Å². The van der Waals surface area contributed by atoms with Gasteiger partial charge in [0.25, 0.3) is 0 Å². The zero-order valence-corrected chi connectivity index (χ0v) is 21.1. The lowest BCUT2D eigenvalue weighted by molar-refractivity contribution is 0.358. The van der Waals surface area contributed by atoms with E-state index in [0.717, 1.165) is 40.3 Å². The Morgan fingerprint density at radius 3 is 2.34 bits per heavy atom. The van der Waals surface area contributed by atoms with E-state index in [0.29, 0.717) is 16.6 Å². The van der Waals surface area contributed by atoms with Gasteiger partial charge in [0.15, 0.2) is 5.13 Å². The van der Waals surface area contributed by atoms with E-state index < -0.39 is 11.0 Å². The van der Waals surface area contributed by atoms with Gasteiger partial charge in [0.05, 0.1) is 22.6 Å². The third kappa shape index (κ3) is 6.12. The Balaban J connectivity index is 1.45. The Labute approximate surface area is 199 Å². The van der Waals surface area contributed by atoms with Crippen molar-refractivity contribution >= 4 is 27.5 Å². The number of methoxy groups -OCH3 is 1. The SMILES string of the molecule is COc1ccc(-c2sc(NCC3CCCCC3)nc2C)cc1S(=O)NCC1CCCCC1. The van der Waals surface area contributed by atoms with E-state index in [2.05, 4.69) is 17.0 Å². The molecule has 0 radical (unpaired) electrons. The molecule has 176 valence electrons.